The van der Waals surface area contributed by atoms with Gasteiger partial charge in [0.2, 0.25) is 0 Å². The molecule has 20 heavy (non-hydrogen) atoms. The third-order valence-electron chi connectivity index (χ3n) is 3.17. The van der Waals surface area contributed by atoms with Crippen molar-refractivity contribution in [2.75, 3.05) is 5.73 Å². The van der Waals surface area contributed by atoms with Crippen LogP contribution in [0.15, 0.2) is 40.9 Å². The maximum absolute atomic E-state index is 13.3. The summed E-state index contributed by atoms with van der Waals surface area (Å²) in [7, 11) is 0. The lowest BCUT2D eigenvalue weighted by Crippen LogP contribution is -2.05. The van der Waals surface area contributed by atoms with Gasteiger partial charge >= 0.3 is 0 Å². The van der Waals surface area contributed by atoms with E-state index in [9.17, 15) is 9.18 Å². The largest absolute Gasteiger partial charge is 0.396 e. The average Bonchev–Trinajstić information content (AvgIpc) is 2.42. The predicted octanol–water partition coefficient (Wildman–Crippen LogP) is 4.52. The Balaban J connectivity index is 2.38. The number of ketones is 1. The summed E-state index contributed by atoms with van der Waals surface area (Å²) in [5.74, 6) is -0.310. The molecule has 0 aliphatic rings. The van der Waals surface area contributed by atoms with Gasteiger partial charge in [0.15, 0.2) is 5.78 Å². The van der Waals surface area contributed by atoms with Crippen molar-refractivity contribution in [2.45, 2.75) is 19.8 Å². The average molecular weight is 336 g/mol. The molecule has 0 radical (unpaired) electrons. The number of halogens is 2. The van der Waals surface area contributed by atoms with E-state index in [2.05, 4.69) is 29.8 Å². The lowest BCUT2D eigenvalue weighted by molar-refractivity contribution is 0.103. The van der Waals surface area contributed by atoms with E-state index >= 15 is 0 Å². The van der Waals surface area contributed by atoms with Crippen molar-refractivity contribution < 1.29 is 9.18 Å². The number of carbonyl (C=O) groups excluding carboxylic acids is 1. The van der Waals surface area contributed by atoms with E-state index in [1.54, 1.807) is 12.1 Å². The Hall–Kier alpha value is -1.68. The fourth-order valence-electron chi connectivity index (χ4n) is 1.91. The van der Waals surface area contributed by atoms with Crippen LogP contribution >= 0.6 is 15.9 Å². The molecule has 0 spiro atoms. The third kappa shape index (κ3) is 2.90. The molecule has 0 unspecified atom stereocenters. The van der Waals surface area contributed by atoms with E-state index in [0.717, 1.165) is 0 Å². The van der Waals surface area contributed by atoms with Gasteiger partial charge in [0.25, 0.3) is 0 Å². The molecular weight excluding hydrogens is 321 g/mol. The van der Waals surface area contributed by atoms with Gasteiger partial charge in [-0.2, -0.15) is 0 Å². The zero-order valence-electron chi connectivity index (χ0n) is 11.3. The van der Waals surface area contributed by atoms with Gasteiger partial charge in [-0.3, -0.25) is 4.79 Å². The topological polar surface area (TPSA) is 43.1 Å². The second-order valence-electron chi connectivity index (χ2n) is 4.96. The monoisotopic (exact) mass is 335 g/mol. The van der Waals surface area contributed by atoms with Gasteiger partial charge in [-0.25, -0.2) is 4.39 Å². The van der Waals surface area contributed by atoms with E-state index in [-0.39, 0.29) is 11.5 Å². The summed E-state index contributed by atoms with van der Waals surface area (Å²) in [6.45, 7) is 4.18. The summed E-state index contributed by atoms with van der Waals surface area (Å²) in [5.41, 5.74) is 7.57. The molecule has 0 bridgehead atoms. The first-order valence-corrected chi connectivity index (χ1v) is 7.08. The number of nitrogen functional groups attached to an aromatic ring is 1. The van der Waals surface area contributed by atoms with Crippen molar-refractivity contribution in [3.63, 3.8) is 0 Å². The summed E-state index contributed by atoms with van der Waals surface area (Å²) in [4.78, 5) is 12.4. The second kappa shape index (κ2) is 5.75. The number of nitrogens with two attached hydrogens (primary N) is 1. The molecule has 2 N–H and O–H groups in total. The van der Waals surface area contributed by atoms with Crippen LogP contribution in [0.25, 0.3) is 0 Å². The van der Waals surface area contributed by atoms with Crippen LogP contribution in [-0.2, 0) is 0 Å². The number of carbonyl (C=O) groups is 1. The fourth-order valence-corrected chi connectivity index (χ4v) is 2.41. The van der Waals surface area contributed by atoms with Crippen LogP contribution in [0.3, 0.4) is 0 Å². The highest BCUT2D eigenvalue weighted by atomic mass is 79.9. The van der Waals surface area contributed by atoms with E-state index < -0.39 is 5.82 Å². The minimum Gasteiger partial charge on any atom is -0.396 e. The molecule has 0 aromatic heterocycles. The fraction of sp³-hybridized carbons (Fsp3) is 0.188. The highest BCUT2D eigenvalue weighted by Crippen LogP contribution is 2.25. The number of hydrogen-bond donors (Lipinski definition) is 1. The van der Waals surface area contributed by atoms with Gasteiger partial charge in [0.1, 0.15) is 5.82 Å². The van der Waals surface area contributed by atoms with Crippen LogP contribution in [0.5, 0.6) is 0 Å². The second-order valence-corrected chi connectivity index (χ2v) is 5.81. The highest BCUT2D eigenvalue weighted by molar-refractivity contribution is 9.10. The minimum absolute atomic E-state index is 0.0321. The molecule has 0 fully saturated rings. The van der Waals surface area contributed by atoms with Crippen LogP contribution in [0.2, 0.25) is 0 Å². The molecule has 2 nitrogen and oxygen atoms in total. The number of hydrogen-bond acceptors (Lipinski definition) is 2. The first-order valence-electron chi connectivity index (χ1n) is 6.29. The smallest absolute Gasteiger partial charge is 0.194 e. The molecule has 2 aromatic carbocycles. The molecule has 2 rings (SSSR count). The number of anilines is 1. The Morgan fingerprint density at radius 3 is 2.35 bits per heavy atom. The molecule has 104 valence electrons. The molecule has 0 heterocycles. The van der Waals surface area contributed by atoms with E-state index in [1.807, 2.05) is 12.1 Å². The molecule has 0 aliphatic heterocycles. The molecule has 0 saturated heterocycles. The molecule has 0 atom stereocenters. The quantitative estimate of drug-likeness (QED) is 0.661. The SMILES string of the molecule is CC(C)c1ccc(C(=O)c2cc(N)c(F)cc2Br)cc1. The predicted molar refractivity (Wildman–Crippen MR) is 82.5 cm³/mol. The molecule has 0 aliphatic carbocycles. The van der Waals surface area contributed by atoms with E-state index in [0.29, 0.717) is 21.5 Å². The van der Waals surface area contributed by atoms with Crippen LogP contribution in [0.1, 0.15) is 41.3 Å². The lowest BCUT2D eigenvalue weighted by Gasteiger charge is -2.08. The Labute approximate surface area is 125 Å². The molecule has 2 aromatic rings. The summed E-state index contributed by atoms with van der Waals surface area (Å²) in [6.07, 6.45) is 0. The minimum atomic E-state index is -0.538. The summed E-state index contributed by atoms with van der Waals surface area (Å²) >= 11 is 3.20. The lowest BCUT2D eigenvalue weighted by atomic mass is 9.98. The summed E-state index contributed by atoms with van der Waals surface area (Å²) in [6, 6.07) is 9.99. The van der Waals surface area contributed by atoms with Crippen LogP contribution in [-0.4, -0.2) is 5.78 Å². The van der Waals surface area contributed by atoms with Gasteiger partial charge in [-0.05, 0) is 39.5 Å². The Bertz CT molecular complexity index is 650. The Kier molecular flexibility index (Phi) is 4.23. The first kappa shape index (κ1) is 14.7. The molecule has 0 amide bonds. The van der Waals surface area contributed by atoms with Gasteiger partial charge in [-0.1, -0.05) is 38.1 Å². The van der Waals surface area contributed by atoms with Gasteiger partial charge in [-0.15, -0.1) is 0 Å². The molecular formula is C16H15BrFNO. The first-order chi connectivity index (χ1) is 9.40. The van der Waals surface area contributed by atoms with Crippen LogP contribution in [0.4, 0.5) is 10.1 Å². The van der Waals surface area contributed by atoms with Gasteiger partial charge in [0, 0.05) is 15.6 Å². The Morgan fingerprint density at radius 2 is 1.80 bits per heavy atom. The zero-order valence-corrected chi connectivity index (χ0v) is 12.9. The van der Waals surface area contributed by atoms with Crippen molar-refractivity contribution >= 4 is 27.4 Å². The third-order valence-corrected chi connectivity index (χ3v) is 3.83. The van der Waals surface area contributed by atoms with Crippen molar-refractivity contribution in [3.05, 3.63) is 63.4 Å². The number of rotatable bonds is 3. The van der Waals surface area contributed by atoms with Crippen LogP contribution in [0, 0.1) is 5.82 Å². The van der Waals surface area contributed by atoms with Crippen LogP contribution < -0.4 is 5.73 Å². The normalized spacial score (nSPS) is 10.8. The van der Waals surface area contributed by atoms with Crippen molar-refractivity contribution in [2.24, 2.45) is 0 Å². The number of benzene rings is 2. The summed E-state index contributed by atoms with van der Waals surface area (Å²) < 4.78 is 13.7. The summed E-state index contributed by atoms with van der Waals surface area (Å²) in [5, 5.41) is 0. The van der Waals surface area contributed by atoms with Crippen molar-refractivity contribution in [1.29, 1.82) is 0 Å². The van der Waals surface area contributed by atoms with E-state index in [1.165, 1.54) is 17.7 Å². The van der Waals surface area contributed by atoms with E-state index in [4.69, 9.17) is 5.73 Å². The zero-order chi connectivity index (χ0) is 14.9. The molecule has 0 saturated carbocycles. The maximum atomic E-state index is 13.3. The standard InChI is InChI=1S/C16H15BrFNO/c1-9(2)10-3-5-11(6-4-10)16(20)12-7-15(19)14(18)8-13(12)17/h3-9H,19H2,1-2H3. The van der Waals surface area contributed by atoms with Crippen molar-refractivity contribution in [3.8, 4) is 0 Å². The Morgan fingerprint density at radius 1 is 1.20 bits per heavy atom. The van der Waals surface area contributed by atoms with Gasteiger partial charge < -0.3 is 5.73 Å². The van der Waals surface area contributed by atoms with Crippen molar-refractivity contribution in [1.82, 2.24) is 0 Å². The van der Waals surface area contributed by atoms with Gasteiger partial charge in [0.05, 0.1) is 5.69 Å². The highest BCUT2D eigenvalue weighted by Gasteiger charge is 2.15. The molecule has 4 heteroatoms. The maximum Gasteiger partial charge on any atom is 0.194 e.